The fourth-order valence-electron chi connectivity index (χ4n) is 2.66. The van der Waals surface area contributed by atoms with E-state index in [-0.39, 0.29) is 11.1 Å². The number of nitrogens with one attached hydrogen (secondary N) is 1. The van der Waals surface area contributed by atoms with E-state index in [1.54, 1.807) is 6.07 Å². The molecule has 0 radical (unpaired) electrons. The summed E-state index contributed by atoms with van der Waals surface area (Å²) in [6, 6.07) is 1.58. The summed E-state index contributed by atoms with van der Waals surface area (Å²) in [7, 11) is 0. The minimum atomic E-state index is -1.19. The lowest BCUT2D eigenvalue weighted by Crippen LogP contribution is -2.56. The third-order valence-corrected chi connectivity index (χ3v) is 4.37. The Hall–Kier alpha value is -1.85. The van der Waals surface area contributed by atoms with Gasteiger partial charge in [0.2, 0.25) is 0 Å². The Balaban J connectivity index is 2.15. The second-order valence-electron chi connectivity index (χ2n) is 7.35. The number of aliphatic carboxylic acids is 1. The Kier molecular flexibility index (Phi) is 4.31. The van der Waals surface area contributed by atoms with Crippen LogP contribution >= 0.6 is 0 Å². The molecule has 2 rings (SSSR count). The molecule has 0 aliphatic heterocycles. The minimum absolute atomic E-state index is 0.129. The van der Waals surface area contributed by atoms with E-state index in [0.717, 1.165) is 12.8 Å². The summed E-state index contributed by atoms with van der Waals surface area (Å²) in [5.74, 6) is -0.383. The summed E-state index contributed by atoms with van der Waals surface area (Å²) in [6.45, 7) is 7.96. The molecule has 0 spiro atoms. The molecule has 0 saturated heterocycles. The highest BCUT2D eigenvalue weighted by molar-refractivity contribution is 5.96. The van der Waals surface area contributed by atoms with E-state index in [0.29, 0.717) is 24.5 Å². The lowest BCUT2D eigenvalue weighted by atomic mass is 9.77. The van der Waals surface area contributed by atoms with Crippen LogP contribution in [0.4, 0.5) is 0 Å². The number of aromatic nitrogens is 1. The molecule has 1 fully saturated rings. The molecule has 1 heterocycles. The number of amides is 1. The maximum Gasteiger partial charge on any atom is 0.329 e. The Labute approximate surface area is 130 Å². The molecule has 0 atom stereocenters. The van der Waals surface area contributed by atoms with Crippen molar-refractivity contribution in [3.05, 3.63) is 17.5 Å². The lowest BCUT2D eigenvalue weighted by Gasteiger charge is -2.36. The maximum atomic E-state index is 12.3. The van der Waals surface area contributed by atoms with Crippen LogP contribution in [0.5, 0.6) is 0 Å². The third kappa shape index (κ3) is 3.31. The van der Waals surface area contributed by atoms with Gasteiger partial charge in [-0.2, -0.15) is 0 Å². The van der Waals surface area contributed by atoms with Crippen LogP contribution in [0.25, 0.3) is 0 Å². The smallest absolute Gasteiger partial charge is 0.329 e. The first-order chi connectivity index (χ1) is 10.1. The fraction of sp³-hybridized carbons (Fsp3) is 0.688. The van der Waals surface area contributed by atoms with Gasteiger partial charge in [-0.3, -0.25) is 4.79 Å². The van der Waals surface area contributed by atoms with Crippen LogP contribution in [0.1, 0.15) is 69.6 Å². The summed E-state index contributed by atoms with van der Waals surface area (Å²) in [6.07, 6.45) is 2.47. The topological polar surface area (TPSA) is 92.4 Å². The SMILES string of the molecule is CC1CCC(NC(=O)c2cc(C(C)(C)C)on2)(C(=O)O)CC1. The van der Waals surface area contributed by atoms with Crippen LogP contribution in [0.15, 0.2) is 10.6 Å². The number of nitrogens with zero attached hydrogens (tertiary/aromatic N) is 1. The molecule has 1 saturated carbocycles. The van der Waals surface area contributed by atoms with Gasteiger partial charge in [-0.05, 0) is 31.6 Å². The van der Waals surface area contributed by atoms with Gasteiger partial charge in [0.1, 0.15) is 11.3 Å². The first kappa shape index (κ1) is 16.5. The average molecular weight is 308 g/mol. The first-order valence-corrected chi connectivity index (χ1v) is 7.67. The van der Waals surface area contributed by atoms with E-state index in [1.165, 1.54) is 0 Å². The van der Waals surface area contributed by atoms with Crippen LogP contribution in [-0.2, 0) is 10.2 Å². The summed E-state index contributed by atoms with van der Waals surface area (Å²) in [5, 5.41) is 16.0. The predicted octanol–water partition coefficient (Wildman–Crippen LogP) is 2.74. The molecule has 2 N–H and O–H groups in total. The highest BCUT2D eigenvalue weighted by Gasteiger charge is 2.43. The molecule has 122 valence electrons. The Morgan fingerprint density at radius 1 is 1.36 bits per heavy atom. The molecule has 1 aromatic rings. The Bertz CT molecular complexity index is 563. The lowest BCUT2D eigenvalue weighted by molar-refractivity contribution is -0.146. The number of carboxylic acid groups (broad SMARTS) is 1. The van der Waals surface area contributed by atoms with Gasteiger partial charge in [0, 0.05) is 11.5 Å². The zero-order valence-corrected chi connectivity index (χ0v) is 13.6. The van der Waals surface area contributed by atoms with Crippen molar-refractivity contribution in [3.8, 4) is 0 Å². The van der Waals surface area contributed by atoms with E-state index in [4.69, 9.17) is 4.52 Å². The normalized spacial score (nSPS) is 25.7. The van der Waals surface area contributed by atoms with Gasteiger partial charge in [-0.1, -0.05) is 32.9 Å². The zero-order chi connectivity index (χ0) is 16.5. The van der Waals surface area contributed by atoms with Crippen LogP contribution in [0.2, 0.25) is 0 Å². The van der Waals surface area contributed by atoms with Crippen LogP contribution in [0.3, 0.4) is 0 Å². The largest absolute Gasteiger partial charge is 0.480 e. The van der Waals surface area contributed by atoms with Crippen molar-refractivity contribution in [2.24, 2.45) is 5.92 Å². The van der Waals surface area contributed by atoms with Crippen LogP contribution in [-0.4, -0.2) is 27.7 Å². The molecule has 1 aliphatic rings. The summed E-state index contributed by atoms with van der Waals surface area (Å²) < 4.78 is 5.19. The zero-order valence-electron chi connectivity index (χ0n) is 13.6. The van der Waals surface area contributed by atoms with Gasteiger partial charge in [-0.25, -0.2) is 4.79 Å². The highest BCUT2D eigenvalue weighted by atomic mass is 16.5. The molecule has 0 bridgehead atoms. The fourth-order valence-corrected chi connectivity index (χ4v) is 2.66. The molecule has 0 aromatic carbocycles. The summed E-state index contributed by atoms with van der Waals surface area (Å²) in [4.78, 5) is 24.0. The Morgan fingerprint density at radius 2 is 1.95 bits per heavy atom. The molecule has 0 unspecified atom stereocenters. The van der Waals surface area contributed by atoms with Gasteiger partial charge in [-0.15, -0.1) is 0 Å². The standard InChI is InChI=1S/C16H24N2O4/c1-10-5-7-16(8-6-10,14(20)21)17-13(19)11-9-12(22-18-11)15(2,3)4/h9-10H,5-8H2,1-4H3,(H,17,19)(H,20,21). The second kappa shape index (κ2) is 5.74. The molecular weight excluding hydrogens is 284 g/mol. The van der Waals surface area contributed by atoms with Crippen molar-refractivity contribution in [2.45, 2.75) is 64.3 Å². The second-order valence-corrected chi connectivity index (χ2v) is 7.35. The minimum Gasteiger partial charge on any atom is -0.480 e. The number of carbonyl (C=O) groups is 2. The van der Waals surface area contributed by atoms with Gasteiger partial charge in [0.15, 0.2) is 5.69 Å². The molecule has 6 nitrogen and oxygen atoms in total. The molecule has 1 aromatic heterocycles. The van der Waals surface area contributed by atoms with Crippen molar-refractivity contribution in [1.29, 1.82) is 0 Å². The molecule has 6 heteroatoms. The van der Waals surface area contributed by atoms with Crippen LogP contribution < -0.4 is 5.32 Å². The number of hydrogen-bond donors (Lipinski definition) is 2. The van der Waals surface area contributed by atoms with E-state index >= 15 is 0 Å². The van der Waals surface area contributed by atoms with Crippen molar-refractivity contribution in [3.63, 3.8) is 0 Å². The molecular formula is C16H24N2O4. The third-order valence-electron chi connectivity index (χ3n) is 4.37. The van der Waals surface area contributed by atoms with E-state index in [2.05, 4.69) is 17.4 Å². The van der Waals surface area contributed by atoms with E-state index < -0.39 is 17.4 Å². The van der Waals surface area contributed by atoms with Crippen LogP contribution in [0, 0.1) is 5.92 Å². The molecule has 1 aliphatic carbocycles. The molecule has 1 amide bonds. The number of rotatable bonds is 3. The number of hydrogen-bond acceptors (Lipinski definition) is 4. The monoisotopic (exact) mass is 308 g/mol. The summed E-state index contributed by atoms with van der Waals surface area (Å²) in [5.41, 5.74) is -1.31. The maximum absolute atomic E-state index is 12.3. The predicted molar refractivity (Wildman–Crippen MR) is 80.7 cm³/mol. The number of carboxylic acids is 1. The van der Waals surface area contributed by atoms with E-state index in [9.17, 15) is 14.7 Å². The highest BCUT2D eigenvalue weighted by Crippen LogP contribution is 2.32. The van der Waals surface area contributed by atoms with Gasteiger partial charge in [0.05, 0.1) is 0 Å². The van der Waals surface area contributed by atoms with Gasteiger partial charge < -0.3 is 14.9 Å². The molecule has 22 heavy (non-hydrogen) atoms. The van der Waals surface area contributed by atoms with Crippen molar-refractivity contribution < 1.29 is 19.2 Å². The summed E-state index contributed by atoms with van der Waals surface area (Å²) >= 11 is 0. The first-order valence-electron chi connectivity index (χ1n) is 7.67. The van der Waals surface area contributed by atoms with Crippen molar-refractivity contribution >= 4 is 11.9 Å². The quantitative estimate of drug-likeness (QED) is 0.895. The van der Waals surface area contributed by atoms with Gasteiger partial charge >= 0.3 is 5.97 Å². The Morgan fingerprint density at radius 3 is 2.41 bits per heavy atom. The van der Waals surface area contributed by atoms with Crippen molar-refractivity contribution in [2.75, 3.05) is 0 Å². The van der Waals surface area contributed by atoms with Crippen molar-refractivity contribution in [1.82, 2.24) is 10.5 Å². The van der Waals surface area contributed by atoms with E-state index in [1.807, 2.05) is 20.8 Å². The number of carbonyl (C=O) groups excluding carboxylic acids is 1. The van der Waals surface area contributed by atoms with Gasteiger partial charge in [0.25, 0.3) is 5.91 Å². The average Bonchev–Trinajstić information content (AvgIpc) is 2.91.